The highest BCUT2D eigenvalue weighted by Crippen LogP contribution is 2.16. The molecule has 2 heterocycles. The van der Waals surface area contributed by atoms with E-state index in [-0.39, 0.29) is 0 Å². The Bertz CT molecular complexity index is 339. The van der Waals surface area contributed by atoms with Crippen molar-refractivity contribution in [1.82, 2.24) is 15.2 Å². The smallest absolute Gasteiger partial charge is 0.0315 e. The summed E-state index contributed by atoms with van der Waals surface area (Å²) in [4.78, 5) is 6.75. The summed E-state index contributed by atoms with van der Waals surface area (Å²) in [6.45, 7) is 8.17. The molecular formula is C15H25N3. The molecule has 2 rings (SSSR count). The second-order valence-electron chi connectivity index (χ2n) is 5.24. The predicted molar refractivity (Wildman–Crippen MR) is 75.5 cm³/mol. The van der Waals surface area contributed by atoms with Crippen molar-refractivity contribution >= 4 is 0 Å². The Morgan fingerprint density at radius 1 is 1.44 bits per heavy atom. The average molecular weight is 247 g/mol. The van der Waals surface area contributed by atoms with Crippen LogP contribution in [0.15, 0.2) is 24.5 Å². The van der Waals surface area contributed by atoms with Gasteiger partial charge in [0, 0.05) is 24.5 Å². The number of hydrogen-bond donors (Lipinski definition) is 1. The molecule has 3 heteroatoms. The molecule has 1 aliphatic heterocycles. The molecule has 0 radical (unpaired) electrons. The van der Waals surface area contributed by atoms with E-state index in [1.54, 1.807) is 0 Å². The van der Waals surface area contributed by atoms with Crippen LogP contribution in [0.3, 0.4) is 0 Å². The number of pyridine rings is 1. The molecule has 0 saturated carbocycles. The van der Waals surface area contributed by atoms with Gasteiger partial charge in [0.15, 0.2) is 0 Å². The van der Waals surface area contributed by atoms with Crippen LogP contribution in [-0.2, 0) is 0 Å². The first-order chi connectivity index (χ1) is 8.79. The van der Waals surface area contributed by atoms with E-state index < -0.39 is 0 Å². The van der Waals surface area contributed by atoms with Crippen LogP contribution < -0.4 is 5.32 Å². The number of likely N-dealkylation sites (tertiary alicyclic amines) is 1. The summed E-state index contributed by atoms with van der Waals surface area (Å²) in [7, 11) is 0. The molecule has 1 N–H and O–H groups in total. The zero-order valence-electron chi connectivity index (χ0n) is 11.6. The third-order valence-electron chi connectivity index (χ3n) is 3.94. The second-order valence-corrected chi connectivity index (χ2v) is 5.24. The zero-order valence-corrected chi connectivity index (χ0v) is 11.6. The lowest BCUT2D eigenvalue weighted by Crippen LogP contribution is -2.33. The van der Waals surface area contributed by atoms with Gasteiger partial charge in [-0.15, -0.1) is 0 Å². The van der Waals surface area contributed by atoms with Gasteiger partial charge in [-0.05, 0) is 57.5 Å². The van der Waals surface area contributed by atoms with Crippen molar-refractivity contribution in [3.05, 3.63) is 30.1 Å². The molecular weight excluding hydrogens is 222 g/mol. The van der Waals surface area contributed by atoms with Crippen LogP contribution in [0.25, 0.3) is 0 Å². The summed E-state index contributed by atoms with van der Waals surface area (Å²) in [5.74, 6) is 0. The molecule has 3 nitrogen and oxygen atoms in total. The van der Waals surface area contributed by atoms with Crippen LogP contribution in [0.2, 0.25) is 0 Å². The number of hydrogen-bond acceptors (Lipinski definition) is 3. The second kappa shape index (κ2) is 6.86. The minimum atomic E-state index is 0.400. The van der Waals surface area contributed by atoms with Gasteiger partial charge in [0.05, 0.1) is 0 Å². The maximum atomic E-state index is 4.19. The van der Waals surface area contributed by atoms with E-state index in [0.717, 1.165) is 0 Å². The average Bonchev–Trinajstić information content (AvgIpc) is 2.65. The SMILES string of the molecule is CCN1CCCC(N[C@@H](C)c2cccnc2)CC1. The lowest BCUT2D eigenvalue weighted by atomic mass is 10.1. The van der Waals surface area contributed by atoms with Crippen LogP contribution in [0.5, 0.6) is 0 Å². The normalized spacial score (nSPS) is 23.6. The van der Waals surface area contributed by atoms with E-state index in [4.69, 9.17) is 0 Å². The van der Waals surface area contributed by atoms with Gasteiger partial charge in [-0.25, -0.2) is 0 Å². The third kappa shape index (κ3) is 3.79. The van der Waals surface area contributed by atoms with E-state index in [0.29, 0.717) is 12.1 Å². The summed E-state index contributed by atoms with van der Waals surface area (Å²) < 4.78 is 0. The molecule has 1 fully saturated rings. The quantitative estimate of drug-likeness (QED) is 0.886. The number of rotatable bonds is 4. The Morgan fingerprint density at radius 2 is 2.33 bits per heavy atom. The molecule has 0 amide bonds. The Balaban J connectivity index is 1.86. The molecule has 0 bridgehead atoms. The van der Waals surface area contributed by atoms with Crippen molar-refractivity contribution in [2.75, 3.05) is 19.6 Å². The summed E-state index contributed by atoms with van der Waals surface area (Å²) in [6, 6.07) is 5.22. The van der Waals surface area contributed by atoms with Crippen molar-refractivity contribution in [3.63, 3.8) is 0 Å². The topological polar surface area (TPSA) is 28.2 Å². The van der Waals surface area contributed by atoms with Crippen LogP contribution in [0, 0.1) is 0 Å². The van der Waals surface area contributed by atoms with Gasteiger partial charge in [0.25, 0.3) is 0 Å². The Labute approximate surface area is 111 Å². The van der Waals surface area contributed by atoms with E-state index in [2.05, 4.69) is 35.1 Å². The first-order valence-corrected chi connectivity index (χ1v) is 7.18. The van der Waals surface area contributed by atoms with Crippen molar-refractivity contribution in [2.45, 2.75) is 45.2 Å². The first kappa shape index (κ1) is 13.5. The van der Waals surface area contributed by atoms with Crippen LogP contribution >= 0.6 is 0 Å². The molecule has 1 unspecified atom stereocenters. The van der Waals surface area contributed by atoms with E-state index in [9.17, 15) is 0 Å². The highest BCUT2D eigenvalue weighted by molar-refractivity contribution is 5.13. The Hall–Kier alpha value is -0.930. The van der Waals surface area contributed by atoms with Gasteiger partial charge in [0.1, 0.15) is 0 Å². The van der Waals surface area contributed by atoms with E-state index in [1.807, 2.05) is 18.5 Å². The van der Waals surface area contributed by atoms with Gasteiger partial charge < -0.3 is 10.2 Å². The molecule has 100 valence electrons. The van der Waals surface area contributed by atoms with Gasteiger partial charge in [-0.2, -0.15) is 0 Å². The summed E-state index contributed by atoms with van der Waals surface area (Å²) in [5.41, 5.74) is 1.29. The number of nitrogens with zero attached hydrogens (tertiary/aromatic N) is 2. The predicted octanol–water partition coefficient (Wildman–Crippen LogP) is 2.61. The van der Waals surface area contributed by atoms with Gasteiger partial charge in [-0.1, -0.05) is 13.0 Å². The molecule has 0 spiro atoms. The highest BCUT2D eigenvalue weighted by atomic mass is 15.1. The molecule has 1 saturated heterocycles. The van der Waals surface area contributed by atoms with Crippen molar-refractivity contribution < 1.29 is 0 Å². The van der Waals surface area contributed by atoms with Crippen LogP contribution in [0.1, 0.15) is 44.7 Å². The van der Waals surface area contributed by atoms with E-state index >= 15 is 0 Å². The molecule has 1 aromatic rings. The van der Waals surface area contributed by atoms with Crippen LogP contribution in [0.4, 0.5) is 0 Å². The summed E-state index contributed by atoms with van der Waals surface area (Å²) >= 11 is 0. The monoisotopic (exact) mass is 247 g/mol. The zero-order chi connectivity index (χ0) is 12.8. The van der Waals surface area contributed by atoms with E-state index in [1.165, 1.54) is 44.5 Å². The molecule has 1 aromatic heterocycles. The standard InChI is InChI=1S/C15H25N3/c1-3-18-10-5-7-15(8-11-18)17-13(2)14-6-4-9-16-12-14/h4,6,9,12-13,15,17H,3,5,7-8,10-11H2,1-2H3/t13-,15?/m0/s1. The minimum Gasteiger partial charge on any atom is -0.307 e. The third-order valence-corrected chi connectivity index (χ3v) is 3.94. The number of aromatic nitrogens is 1. The van der Waals surface area contributed by atoms with Gasteiger partial charge in [0.2, 0.25) is 0 Å². The van der Waals surface area contributed by atoms with Crippen molar-refractivity contribution in [2.24, 2.45) is 0 Å². The fourth-order valence-corrected chi connectivity index (χ4v) is 2.72. The van der Waals surface area contributed by atoms with Crippen LogP contribution in [-0.4, -0.2) is 35.6 Å². The largest absolute Gasteiger partial charge is 0.307 e. The highest BCUT2D eigenvalue weighted by Gasteiger charge is 2.18. The fourth-order valence-electron chi connectivity index (χ4n) is 2.72. The lowest BCUT2D eigenvalue weighted by molar-refractivity contribution is 0.295. The summed E-state index contributed by atoms with van der Waals surface area (Å²) in [5, 5.41) is 3.75. The Morgan fingerprint density at radius 3 is 3.06 bits per heavy atom. The maximum absolute atomic E-state index is 4.19. The van der Waals surface area contributed by atoms with Crippen molar-refractivity contribution in [1.29, 1.82) is 0 Å². The lowest BCUT2D eigenvalue weighted by Gasteiger charge is -2.22. The summed E-state index contributed by atoms with van der Waals surface area (Å²) in [6.07, 6.45) is 7.67. The van der Waals surface area contributed by atoms with Gasteiger partial charge in [-0.3, -0.25) is 4.98 Å². The fraction of sp³-hybridized carbons (Fsp3) is 0.667. The number of nitrogens with one attached hydrogen (secondary N) is 1. The molecule has 18 heavy (non-hydrogen) atoms. The Kier molecular flexibility index (Phi) is 5.14. The molecule has 0 aliphatic carbocycles. The molecule has 1 aliphatic rings. The molecule has 0 aromatic carbocycles. The first-order valence-electron chi connectivity index (χ1n) is 7.18. The maximum Gasteiger partial charge on any atom is 0.0315 e. The van der Waals surface area contributed by atoms with Crippen molar-refractivity contribution in [3.8, 4) is 0 Å². The molecule has 2 atom stereocenters. The minimum absolute atomic E-state index is 0.400. The van der Waals surface area contributed by atoms with Gasteiger partial charge >= 0.3 is 0 Å².